The van der Waals surface area contributed by atoms with E-state index in [1.54, 1.807) is 0 Å². The van der Waals surface area contributed by atoms with Crippen LogP contribution in [0.1, 0.15) is 63.5 Å². The number of hydrogen-bond donors (Lipinski definition) is 2. The van der Waals surface area contributed by atoms with Gasteiger partial charge in [-0.2, -0.15) is 0 Å². The zero-order chi connectivity index (χ0) is 21.0. The van der Waals surface area contributed by atoms with E-state index < -0.39 is 12.1 Å². The molecule has 0 amide bonds. The molecule has 1 aliphatic heterocycles. The van der Waals surface area contributed by atoms with E-state index in [1.807, 2.05) is 19.1 Å². The van der Waals surface area contributed by atoms with E-state index in [0.717, 1.165) is 23.3 Å². The van der Waals surface area contributed by atoms with Crippen LogP contribution in [0.3, 0.4) is 0 Å². The molecule has 1 aromatic carbocycles. The Hall–Kier alpha value is -2.25. The van der Waals surface area contributed by atoms with Crippen molar-refractivity contribution < 1.29 is 19.7 Å². The monoisotopic (exact) mass is 396 g/mol. The molecule has 0 aromatic heterocycles. The second-order valence-electron chi connectivity index (χ2n) is 8.50. The maximum absolute atomic E-state index is 10.8. The van der Waals surface area contributed by atoms with E-state index in [4.69, 9.17) is 9.84 Å². The van der Waals surface area contributed by atoms with Crippen LogP contribution in [-0.4, -0.2) is 28.4 Å². The normalized spacial score (nSPS) is 26.9. The Morgan fingerprint density at radius 1 is 1.38 bits per heavy atom. The van der Waals surface area contributed by atoms with Crippen molar-refractivity contribution in [1.29, 1.82) is 0 Å². The van der Waals surface area contributed by atoms with Gasteiger partial charge < -0.3 is 14.9 Å². The van der Waals surface area contributed by atoms with Gasteiger partial charge in [0.05, 0.1) is 6.10 Å². The van der Waals surface area contributed by atoms with Crippen LogP contribution in [0.15, 0.2) is 30.4 Å². The fourth-order valence-electron chi connectivity index (χ4n) is 4.54. The predicted octanol–water partition coefficient (Wildman–Crippen LogP) is 4.56. The van der Waals surface area contributed by atoms with Gasteiger partial charge in [0.1, 0.15) is 11.9 Å². The highest BCUT2D eigenvalue weighted by atomic mass is 16.5. The van der Waals surface area contributed by atoms with E-state index in [0.29, 0.717) is 31.1 Å². The highest BCUT2D eigenvalue weighted by molar-refractivity contribution is 5.66. The van der Waals surface area contributed by atoms with Gasteiger partial charge >= 0.3 is 5.97 Å². The van der Waals surface area contributed by atoms with Gasteiger partial charge in [0.2, 0.25) is 0 Å². The van der Waals surface area contributed by atoms with Gasteiger partial charge in [0.25, 0.3) is 0 Å². The van der Waals surface area contributed by atoms with Crippen LogP contribution < -0.4 is 4.74 Å². The van der Waals surface area contributed by atoms with Crippen molar-refractivity contribution in [3.63, 3.8) is 0 Å². The number of aryl methyl sites for hydroxylation is 1. The third-order valence-corrected chi connectivity index (χ3v) is 6.46. The number of aliphatic carboxylic acids is 1. The van der Waals surface area contributed by atoms with Crippen LogP contribution in [0.5, 0.6) is 5.75 Å². The SMILES string of the molecule is CC#CC[C@H](C)[C@H](C)/C=C/[C@@H]1[C@H]2c3cccc(CCCC(=O)O)c3O[C@H]2C[C@H]1O. The summed E-state index contributed by atoms with van der Waals surface area (Å²) in [7, 11) is 0. The molecule has 0 radical (unpaired) electrons. The fraction of sp³-hybridized carbons (Fsp3) is 0.560. The van der Waals surface area contributed by atoms with Crippen molar-refractivity contribution in [2.24, 2.45) is 17.8 Å². The Morgan fingerprint density at radius 3 is 2.90 bits per heavy atom. The molecule has 1 aliphatic carbocycles. The first-order chi connectivity index (χ1) is 13.9. The number of benzene rings is 1. The van der Waals surface area contributed by atoms with Gasteiger partial charge in [-0.05, 0) is 37.2 Å². The summed E-state index contributed by atoms with van der Waals surface area (Å²) in [6.45, 7) is 6.29. The molecule has 1 fully saturated rings. The van der Waals surface area contributed by atoms with Crippen molar-refractivity contribution in [1.82, 2.24) is 0 Å². The van der Waals surface area contributed by atoms with Crippen molar-refractivity contribution in [2.45, 2.75) is 71.0 Å². The van der Waals surface area contributed by atoms with Crippen molar-refractivity contribution in [2.75, 3.05) is 0 Å². The summed E-state index contributed by atoms with van der Waals surface area (Å²) in [5.41, 5.74) is 2.24. The topological polar surface area (TPSA) is 66.8 Å². The van der Waals surface area contributed by atoms with Crippen molar-refractivity contribution >= 4 is 5.97 Å². The summed E-state index contributed by atoms with van der Waals surface area (Å²) in [6.07, 6.45) is 6.99. The number of carbonyl (C=O) groups is 1. The van der Waals surface area contributed by atoms with Crippen LogP contribution in [0, 0.1) is 29.6 Å². The minimum atomic E-state index is -0.767. The Bertz CT molecular complexity index is 816. The van der Waals surface area contributed by atoms with Crippen LogP contribution in [0.25, 0.3) is 0 Å². The molecule has 2 N–H and O–H groups in total. The molecule has 156 valence electrons. The zero-order valence-electron chi connectivity index (χ0n) is 17.6. The molecule has 29 heavy (non-hydrogen) atoms. The molecule has 0 unspecified atom stereocenters. The number of aliphatic hydroxyl groups is 1. The minimum Gasteiger partial charge on any atom is -0.489 e. The molecule has 1 aromatic rings. The standard InChI is InChI=1S/C25H32O4/c1-4-5-8-16(2)17(3)13-14-19-21(26)15-22-24(19)20-11-6-9-18(25(20)29-22)10-7-12-23(27)28/h6,9,11,13-14,16-17,19,21-22,24,26H,7-8,10,12,15H2,1-3H3,(H,27,28)/b14-13+/t16-,17+,19-,21+,22-,24-/m0/s1. The lowest BCUT2D eigenvalue weighted by Crippen LogP contribution is -2.17. The van der Waals surface area contributed by atoms with Crippen LogP contribution in [-0.2, 0) is 11.2 Å². The molecule has 4 nitrogen and oxygen atoms in total. The molecular weight excluding hydrogens is 364 g/mol. The maximum atomic E-state index is 10.8. The third-order valence-electron chi connectivity index (χ3n) is 6.46. The van der Waals surface area contributed by atoms with Gasteiger partial charge in [-0.3, -0.25) is 4.79 Å². The maximum Gasteiger partial charge on any atom is 0.303 e. The second-order valence-corrected chi connectivity index (χ2v) is 8.50. The number of allylic oxidation sites excluding steroid dienone is 1. The number of carboxylic acid groups (broad SMARTS) is 1. The Balaban J connectivity index is 1.75. The quantitative estimate of drug-likeness (QED) is 0.499. The van der Waals surface area contributed by atoms with Gasteiger partial charge in [-0.1, -0.05) is 44.2 Å². The van der Waals surface area contributed by atoms with Crippen LogP contribution in [0.2, 0.25) is 0 Å². The zero-order valence-corrected chi connectivity index (χ0v) is 17.6. The van der Waals surface area contributed by atoms with Crippen molar-refractivity contribution in [3.05, 3.63) is 41.5 Å². The molecule has 0 spiro atoms. The van der Waals surface area contributed by atoms with E-state index in [2.05, 4.69) is 43.9 Å². The van der Waals surface area contributed by atoms with E-state index in [9.17, 15) is 9.90 Å². The largest absolute Gasteiger partial charge is 0.489 e. The molecule has 3 rings (SSSR count). The number of hydrogen-bond acceptors (Lipinski definition) is 3. The average Bonchev–Trinajstić information content (AvgIpc) is 3.19. The number of ether oxygens (including phenoxy) is 1. The first-order valence-corrected chi connectivity index (χ1v) is 10.7. The van der Waals surface area contributed by atoms with Gasteiger partial charge in [0, 0.05) is 36.7 Å². The van der Waals surface area contributed by atoms with Gasteiger partial charge in [-0.25, -0.2) is 0 Å². The van der Waals surface area contributed by atoms with Crippen LogP contribution in [0.4, 0.5) is 0 Å². The lowest BCUT2D eigenvalue weighted by molar-refractivity contribution is -0.137. The summed E-state index contributed by atoms with van der Waals surface area (Å²) in [5.74, 6) is 7.34. The lowest BCUT2D eigenvalue weighted by atomic mass is 9.85. The average molecular weight is 397 g/mol. The molecule has 2 aliphatic rings. The first-order valence-electron chi connectivity index (χ1n) is 10.7. The van der Waals surface area contributed by atoms with Gasteiger partial charge in [-0.15, -0.1) is 11.8 Å². The minimum absolute atomic E-state index is 0.00559. The molecular formula is C25H32O4. The van der Waals surface area contributed by atoms with Crippen LogP contribution >= 0.6 is 0 Å². The number of aliphatic hydroxyl groups excluding tert-OH is 1. The van der Waals surface area contributed by atoms with Gasteiger partial charge in [0.15, 0.2) is 0 Å². The summed E-state index contributed by atoms with van der Waals surface area (Å²) in [4.78, 5) is 10.8. The predicted molar refractivity (Wildman–Crippen MR) is 114 cm³/mol. The summed E-state index contributed by atoms with van der Waals surface area (Å²) in [5, 5.41) is 19.6. The lowest BCUT2D eigenvalue weighted by Gasteiger charge is -2.19. The van der Waals surface area contributed by atoms with E-state index >= 15 is 0 Å². The molecule has 6 atom stereocenters. The number of para-hydroxylation sites is 1. The summed E-state index contributed by atoms with van der Waals surface area (Å²) in [6, 6.07) is 6.16. The number of carboxylic acids is 1. The smallest absolute Gasteiger partial charge is 0.303 e. The Kier molecular flexibility index (Phi) is 7.03. The Morgan fingerprint density at radius 2 is 2.17 bits per heavy atom. The third kappa shape index (κ3) is 4.85. The summed E-state index contributed by atoms with van der Waals surface area (Å²) >= 11 is 0. The fourth-order valence-corrected chi connectivity index (χ4v) is 4.54. The summed E-state index contributed by atoms with van der Waals surface area (Å²) < 4.78 is 6.27. The first kappa shape index (κ1) is 21.5. The van der Waals surface area contributed by atoms with E-state index in [-0.39, 0.29) is 24.4 Å². The number of rotatable bonds is 8. The molecule has 1 heterocycles. The Labute approximate surface area is 174 Å². The number of fused-ring (bicyclic) bond motifs is 3. The molecule has 0 bridgehead atoms. The second kappa shape index (κ2) is 9.50. The van der Waals surface area contributed by atoms with Crippen molar-refractivity contribution in [3.8, 4) is 17.6 Å². The highest BCUT2D eigenvalue weighted by Gasteiger charge is 2.48. The van der Waals surface area contributed by atoms with E-state index in [1.165, 1.54) is 0 Å². The molecule has 4 heteroatoms. The molecule has 1 saturated carbocycles. The molecule has 0 saturated heterocycles. The highest BCUT2D eigenvalue weighted by Crippen LogP contribution is 2.52.